The third-order valence-corrected chi connectivity index (χ3v) is 3.48. The van der Waals surface area contributed by atoms with Crippen molar-refractivity contribution in [2.75, 3.05) is 5.32 Å². The van der Waals surface area contributed by atoms with Crippen LogP contribution in [0.5, 0.6) is 0 Å². The third kappa shape index (κ3) is 1.66. The topological polar surface area (TPSA) is 29.3 Å². The molecule has 84 valence electrons. The van der Waals surface area contributed by atoms with Gasteiger partial charge in [-0.05, 0) is 37.3 Å². The van der Waals surface area contributed by atoms with Gasteiger partial charge in [0.05, 0.1) is 0 Å². The molecule has 0 spiro atoms. The van der Waals surface area contributed by atoms with E-state index in [0.29, 0.717) is 6.04 Å². The second-order valence-electron chi connectivity index (χ2n) is 4.83. The molecule has 1 saturated carbocycles. The maximum Gasteiger partial charge on any atom is 0.138 e. The van der Waals surface area contributed by atoms with E-state index in [-0.39, 0.29) is 0 Å². The van der Waals surface area contributed by atoms with Crippen LogP contribution >= 0.6 is 0 Å². The molecular weight excluding hydrogens is 198 g/mol. The van der Waals surface area contributed by atoms with Crippen molar-refractivity contribution in [3.05, 3.63) is 30.6 Å². The molecule has 3 nitrogen and oxygen atoms in total. The number of hydrogen-bond donors (Lipinski definition) is 1. The fourth-order valence-electron chi connectivity index (χ4n) is 2.61. The van der Waals surface area contributed by atoms with E-state index >= 15 is 0 Å². The van der Waals surface area contributed by atoms with E-state index in [0.717, 1.165) is 17.4 Å². The van der Waals surface area contributed by atoms with Crippen LogP contribution in [-0.4, -0.2) is 15.4 Å². The lowest BCUT2D eigenvalue weighted by Crippen LogP contribution is -2.17. The first-order valence-corrected chi connectivity index (χ1v) is 6.01. The largest absolute Gasteiger partial charge is 0.368 e. The Morgan fingerprint density at radius 2 is 2.31 bits per heavy atom. The van der Waals surface area contributed by atoms with Gasteiger partial charge in [0, 0.05) is 18.4 Å². The summed E-state index contributed by atoms with van der Waals surface area (Å²) in [6.45, 7) is 2.33. The molecule has 2 atom stereocenters. The first-order valence-electron chi connectivity index (χ1n) is 6.01. The average molecular weight is 215 g/mol. The number of hydrogen-bond acceptors (Lipinski definition) is 2. The van der Waals surface area contributed by atoms with Crippen LogP contribution in [0.15, 0.2) is 30.6 Å². The van der Waals surface area contributed by atoms with Crippen molar-refractivity contribution in [1.82, 2.24) is 9.38 Å². The van der Waals surface area contributed by atoms with Gasteiger partial charge in [-0.1, -0.05) is 13.0 Å². The van der Waals surface area contributed by atoms with Gasteiger partial charge in [0.15, 0.2) is 0 Å². The summed E-state index contributed by atoms with van der Waals surface area (Å²) in [6, 6.07) is 6.84. The monoisotopic (exact) mass is 215 g/mol. The fourth-order valence-corrected chi connectivity index (χ4v) is 2.61. The zero-order valence-electron chi connectivity index (χ0n) is 9.56. The molecule has 0 saturated heterocycles. The van der Waals surface area contributed by atoms with Gasteiger partial charge in [-0.2, -0.15) is 0 Å². The Bertz CT molecular complexity index is 489. The van der Waals surface area contributed by atoms with Crippen molar-refractivity contribution in [2.45, 2.75) is 32.2 Å². The Labute approximate surface area is 95.5 Å². The van der Waals surface area contributed by atoms with Gasteiger partial charge >= 0.3 is 0 Å². The minimum Gasteiger partial charge on any atom is -0.368 e. The van der Waals surface area contributed by atoms with Gasteiger partial charge in [-0.15, -0.1) is 0 Å². The number of nitrogens with one attached hydrogen (secondary N) is 1. The van der Waals surface area contributed by atoms with E-state index in [4.69, 9.17) is 0 Å². The molecule has 2 heterocycles. The zero-order valence-corrected chi connectivity index (χ0v) is 9.56. The SMILES string of the molecule is CC1CCC(Nc2cccc3nccn23)C1. The van der Waals surface area contributed by atoms with Crippen LogP contribution in [0.25, 0.3) is 5.65 Å². The number of imidazole rings is 1. The number of fused-ring (bicyclic) bond motifs is 1. The maximum absolute atomic E-state index is 4.29. The molecule has 3 heteroatoms. The van der Waals surface area contributed by atoms with Crippen LogP contribution in [0, 0.1) is 5.92 Å². The number of nitrogens with zero attached hydrogens (tertiary/aromatic N) is 2. The number of pyridine rings is 1. The third-order valence-electron chi connectivity index (χ3n) is 3.48. The Balaban J connectivity index is 1.86. The summed E-state index contributed by atoms with van der Waals surface area (Å²) in [7, 11) is 0. The van der Waals surface area contributed by atoms with Crippen molar-refractivity contribution < 1.29 is 0 Å². The van der Waals surface area contributed by atoms with E-state index in [1.807, 2.05) is 18.5 Å². The molecule has 2 unspecified atom stereocenters. The van der Waals surface area contributed by atoms with E-state index in [1.165, 1.54) is 19.3 Å². The fraction of sp³-hybridized carbons (Fsp3) is 0.462. The number of aromatic nitrogens is 2. The van der Waals surface area contributed by atoms with Gasteiger partial charge in [0.25, 0.3) is 0 Å². The predicted octanol–water partition coefficient (Wildman–Crippen LogP) is 2.93. The summed E-state index contributed by atoms with van der Waals surface area (Å²) in [5.74, 6) is 2.02. The summed E-state index contributed by atoms with van der Waals surface area (Å²) in [5.41, 5.74) is 1.01. The number of rotatable bonds is 2. The molecule has 16 heavy (non-hydrogen) atoms. The van der Waals surface area contributed by atoms with Gasteiger partial charge in [-0.3, -0.25) is 4.40 Å². The van der Waals surface area contributed by atoms with Crippen LogP contribution in [0.3, 0.4) is 0 Å². The smallest absolute Gasteiger partial charge is 0.138 e. The van der Waals surface area contributed by atoms with E-state index < -0.39 is 0 Å². The lowest BCUT2D eigenvalue weighted by molar-refractivity contribution is 0.602. The Morgan fingerprint density at radius 1 is 1.38 bits per heavy atom. The summed E-state index contributed by atoms with van der Waals surface area (Å²) in [5, 5.41) is 3.62. The molecule has 1 fully saturated rings. The van der Waals surface area contributed by atoms with E-state index in [1.54, 1.807) is 0 Å². The second kappa shape index (κ2) is 3.81. The standard InChI is InChI=1S/C13H17N3/c1-10-5-6-11(9-10)15-13-4-2-3-12-14-7-8-16(12)13/h2-4,7-8,10-11,15H,5-6,9H2,1H3. The Hall–Kier alpha value is -1.51. The molecule has 3 rings (SSSR count). The molecule has 0 aromatic carbocycles. The summed E-state index contributed by atoms with van der Waals surface area (Å²) < 4.78 is 2.11. The van der Waals surface area contributed by atoms with Crippen molar-refractivity contribution in [2.24, 2.45) is 5.92 Å². The van der Waals surface area contributed by atoms with Crippen molar-refractivity contribution in [1.29, 1.82) is 0 Å². The highest BCUT2D eigenvalue weighted by molar-refractivity contribution is 5.50. The van der Waals surface area contributed by atoms with Gasteiger partial charge in [-0.25, -0.2) is 4.98 Å². The molecule has 2 aromatic rings. The molecule has 0 amide bonds. The number of anilines is 1. The molecule has 1 N–H and O–H groups in total. The Kier molecular flexibility index (Phi) is 2.31. The molecular formula is C13H17N3. The van der Waals surface area contributed by atoms with Crippen molar-refractivity contribution in [3.63, 3.8) is 0 Å². The summed E-state index contributed by atoms with van der Waals surface area (Å²) >= 11 is 0. The van der Waals surface area contributed by atoms with Crippen LogP contribution in [0.4, 0.5) is 5.82 Å². The second-order valence-corrected chi connectivity index (χ2v) is 4.83. The minimum atomic E-state index is 0.628. The van der Waals surface area contributed by atoms with Crippen LogP contribution in [-0.2, 0) is 0 Å². The van der Waals surface area contributed by atoms with Crippen molar-refractivity contribution in [3.8, 4) is 0 Å². The van der Waals surface area contributed by atoms with Gasteiger partial charge in [0.2, 0.25) is 0 Å². The van der Waals surface area contributed by atoms with Crippen LogP contribution in [0.2, 0.25) is 0 Å². The maximum atomic E-state index is 4.29. The lowest BCUT2D eigenvalue weighted by atomic mass is 10.1. The van der Waals surface area contributed by atoms with Gasteiger partial charge < -0.3 is 5.32 Å². The molecule has 0 bridgehead atoms. The van der Waals surface area contributed by atoms with Crippen molar-refractivity contribution >= 4 is 11.5 Å². The lowest BCUT2D eigenvalue weighted by Gasteiger charge is -2.15. The van der Waals surface area contributed by atoms with Crippen LogP contribution in [0.1, 0.15) is 26.2 Å². The molecule has 0 radical (unpaired) electrons. The highest BCUT2D eigenvalue weighted by Crippen LogP contribution is 2.27. The summed E-state index contributed by atoms with van der Waals surface area (Å²) in [4.78, 5) is 4.29. The molecule has 2 aromatic heterocycles. The normalized spacial score (nSPS) is 25.1. The highest BCUT2D eigenvalue weighted by atomic mass is 15.1. The highest BCUT2D eigenvalue weighted by Gasteiger charge is 2.21. The first-order chi connectivity index (χ1) is 7.83. The molecule has 0 aliphatic heterocycles. The zero-order chi connectivity index (χ0) is 11.0. The molecule has 1 aliphatic rings. The Morgan fingerprint density at radius 3 is 3.12 bits per heavy atom. The van der Waals surface area contributed by atoms with Gasteiger partial charge in [0.1, 0.15) is 11.5 Å². The quantitative estimate of drug-likeness (QED) is 0.834. The first kappa shape index (κ1) is 9.70. The molecule has 1 aliphatic carbocycles. The summed E-state index contributed by atoms with van der Waals surface area (Å²) in [6.07, 6.45) is 7.77. The average Bonchev–Trinajstić information content (AvgIpc) is 2.87. The minimum absolute atomic E-state index is 0.628. The van der Waals surface area contributed by atoms with E-state index in [9.17, 15) is 0 Å². The van der Waals surface area contributed by atoms with Crippen LogP contribution < -0.4 is 5.32 Å². The predicted molar refractivity (Wildman–Crippen MR) is 65.6 cm³/mol. The van der Waals surface area contributed by atoms with E-state index in [2.05, 4.69) is 33.8 Å².